The quantitative estimate of drug-likeness (QED) is 0.875. The minimum Gasteiger partial charge on any atom is -0.481 e. The monoisotopic (exact) mass is 299 g/mol. The Morgan fingerprint density at radius 3 is 2.47 bits per heavy atom. The molecule has 1 rings (SSSR count). The van der Waals surface area contributed by atoms with Gasteiger partial charge in [0.15, 0.2) is 0 Å². The van der Waals surface area contributed by atoms with Gasteiger partial charge in [-0.1, -0.05) is 28.1 Å². The van der Waals surface area contributed by atoms with Gasteiger partial charge in [0.2, 0.25) is 5.91 Å². The van der Waals surface area contributed by atoms with E-state index in [9.17, 15) is 9.59 Å². The zero-order valence-corrected chi connectivity index (χ0v) is 11.0. The fraction of sp³-hybridized carbons (Fsp3) is 0.333. The van der Waals surface area contributed by atoms with Crippen LogP contribution in [0.5, 0.6) is 0 Å². The highest BCUT2D eigenvalue weighted by atomic mass is 79.9. The first-order valence-electron chi connectivity index (χ1n) is 5.25. The number of amides is 1. The molecule has 1 aromatic rings. The number of halogens is 1. The average Bonchev–Trinajstić information content (AvgIpc) is 2.28. The van der Waals surface area contributed by atoms with Gasteiger partial charge in [-0.3, -0.25) is 9.59 Å². The molecule has 4 nitrogen and oxygen atoms in total. The first-order chi connectivity index (χ1) is 8.00. The molecule has 5 heteroatoms. The van der Waals surface area contributed by atoms with Crippen LogP contribution in [-0.4, -0.2) is 23.5 Å². The van der Waals surface area contributed by atoms with Crippen LogP contribution in [0.25, 0.3) is 0 Å². The third kappa shape index (κ3) is 4.56. The summed E-state index contributed by atoms with van der Waals surface area (Å²) in [6.07, 6.45) is -0.0567. The van der Waals surface area contributed by atoms with Crippen LogP contribution in [0.2, 0.25) is 0 Å². The highest BCUT2D eigenvalue weighted by Crippen LogP contribution is 2.18. The van der Waals surface area contributed by atoms with E-state index in [0.29, 0.717) is 0 Å². The van der Waals surface area contributed by atoms with E-state index in [-0.39, 0.29) is 24.8 Å². The molecule has 1 unspecified atom stereocenters. The second kappa shape index (κ2) is 6.39. The molecule has 0 aromatic heterocycles. The standard InChI is InChI=1S/C12H14BrNO3/c1-8(9-2-4-10(13)5-3-9)12(17)14-7-6-11(15)16/h2-5,8H,6-7H2,1H3,(H,14,17)(H,15,16). The molecule has 0 aliphatic rings. The lowest BCUT2D eigenvalue weighted by atomic mass is 10.0. The maximum atomic E-state index is 11.7. The van der Waals surface area contributed by atoms with E-state index in [1.807, 2.05) is 24.3 Å². The van der Waals surface area contributed by atoms with Crippen molar-refractivity contribution in [1.29, 1.82) is 0 Å². The molecule has 92 valence electrons. The highest BCUT2D eigenvalue weighted by molar-refractivity contribution is 9.10. The largest absolute Gasteiger partial charge is 0.481 e. The molecule has 0 bridgehead atoms. The van der Waals surface area contributed by atoms with Gasteiger partial charge in [-0.05, 0) is 24.6 Å². The lowest BCUT2D eigenvalue weighted by molar-refractivity contribution is -0.136. The molecule has 0 aliphatic carbocycles. The average molecular weight is 300 g/mol. The van der Waals surface area contributed by atoms with Crippen LogP contribution >= 0.6 is 15.9 Å². The highest BCUT2D eigenvalue weighted by Gasteiger charge is 2.14. The fourth-order valence-electron chi connectivity index (χ4n) is 1.35. The third-order valence-corrected chi connectivity index (χ3v) is 2.93. The summed E-state index contributed by atoms with van der Waals surface area (Å²) in [5, 5.41) is 11.1. The molecule has 0 heterocycles. The number of hydrogen-bond donors (Lipinski definition) is 2. The van der Waals surface area contributed by atoms with E-state index in [0.717, 1.165) is 10.0 Å². The van der Waals surface area contributed by atoms with Crippen LogP contribution in [0.3, 0.4) is 0 Å². The summed E-state index contributed by atoms with van der Waals surface area (Å²) < 4.78 is 0.958. The van der Waals surface area contributed by atoms with Crippen molar-refractivity contribution in [3.63, 3.8) is 0 Å². The lowest BCUT2D eigenvalue weighted by Crippen LogP contribution is -2.29. The normalized spacial score (nSPS) is 11.9. The molecular weight excluding hydrogens is 286 g/mol. The Bertz CT molecular complexity index is 403. The van der Waals surface area contributed by atoms with Crippen LogP contribution < -0.4 is 5.32 Å². The maximum absolute atomic E-state index is 11.7. The van der Waals surface area contributed by atoms with Gasteiger partial charge < -0.3 is 10.4 Å². The molecule has 1 atom stereocenters. The summed E-state index contributed by atoms with van der Waals surface area (Å²) in [7, 11) is 0. The SMILES string of the molecule is CC(C(=O)NCCC(=O)O)c1ccc(Br)cc1. The Kier molecular flexibility index (Phi) is 5.15. The van der Waals surface area contributed by atoms with Gasteiger partial charge in [0.25, 0.3) is 0 Å². The summed E-state index contributed by atoms with van der Waals surface area (Å²) in [5.74, 6) is -1.35. The molecule has 0 radical (unpaired) electrons. The predicted molar refractivity (Wildman–Crippen MR) is 67.8 cm³/mol. The van der Waals surface area contributed by atoms with Crippen LogP contribution in [0, 0.1) is 0 Å². The molecule has 2 N–H and O–H groups in total. The van der Waals surface area contributed by atoms with Crippen molar-refractivity contribution in [1.82, 2.24) is 5.32 Å². The molecule has 0 fully saturated rings. The number of carbonyl (C=O) groups is 2. The topological polar surface area (TPSA) is 66.4 Å². The minimum atomic E-state index is -0.915. The van der Waals surface area contributed by atoms with Crippen molar-refractivity contribution < 1.29 is 14.7 Å². The van der Waals surface area contributed by atoms with Gasteiger partial charge in [0.05, 0.1) is 12.3 Å². The summed E-state index contributed by atoms with van der Waals surface area (Å²) in [6, 6.07) is 7.48. The second-order valence-corrected chi connectivity index (χ2v) is 4.62. The number of nitrogens with one attached hydrogen (secondary N) is 1. The van der Waals surface area contributed by atoms with Gasteiger partial charge in [-0.2, -0.15) is 0 Å². The number of benzene rings is 1. The summed E-state index contributed by atoms with van der Waals surface area (Å²) in [6.45, 7) is 1.95. The number of aliphatic carboxylic acids is 1. The minimum absolute atomic E-state index is 0.0567. The Hall–Kier alpha value is -1.36. The zero-order valence-electron chi connectivity index (χ0n) is 9.44. The van der Waals surface area contributed by atoms with E-state index >= 15 is 0 Å². The Labute approximate surface area is 108 Å². The molecular formula is C12H14BrNO3. The molecule has 0 spiro atoms. The van der Waals surface area contributed by atoms with E-state index < -0.39 is 5.97 Å². The third-order valence-electron chi connectivity index (χ3n) is 2.40. The van der Waals surface area contributed by atoms with Crippen molar-refractivity contribution in [2.75, 3.05) is 6.54 Å². The molecule has 17 heavy (non-hydrogen) atoms. The number of carboxylic acid groups (broad SMARTS) is 1. The van der Waals surface area contributed by atoms with Crippen molar-refractivity contribution in [3.05, 3.63) is 34.3 Å². The van der Waals surface area contributed by atoms with E-state index in [4.69, 9.17) is 5.11 Å². The molecule has 1 amide bonds. The van der Waals surface area contributed by atoms with Crippen LogP contribution in [0.4, 0.5) is 0 Å². The fourth-order valence-corrected chi connectivity index (χ4v) is 1.61. The number of rotatable bonds is 5. The molecule has 0 aliphatic heterocycles. The van der Waals surface area contributed by atoms with Crippen molar-refractivity contribution in [2.45, 2.75) is 19.3 Å². The van der Waals surface area contributed by atoms with Crippen molar-refractivity contribution in [3.8, 4) is 0 Å². The van der Waals surface area contributed by atoms with Gasteiger partial charge in [0, 0.05) is 11.0 Å². The maximum Gasteiger partial charge on any atom is 0.305 e. The van der Waals surface area contributed by atoms with E-state index in [2.05, 4.69) is 21.2 Å². The Morgan fingerprint density at radius 1 is 1.35 bits per heavy atom. The molecule has 0 saturated heterocycles. The molecule has 1 aromatic carbocycles. The van der Waals surface area contributed by atoms with Crippen LogP contribution in [-0.2, 0) is 9.59 Å². The zero-order chi connectivity index (χ0) is 12.8. The van der Waals surface area contributed by atoms with Gasteiger partial charge in [0.1, 0.15) is 0 Å². The number of carbonyl (C=O) groups excluding carboxylic acids is 1. The van der Waals surface area contributed by atoms with Gasteiger partial charge in [-0.15, -0.1) is 0 Å². The van der Waals surface area contributed by atoms with Crippen LogP contribution in [0.15, 0.2) is 28.7 Å². The number of carboxylic acids is 1. The first kappa shape index (κ1) is 13.7. The van der Waals surface area contributed by atoms with Gasteiger partial charge >= 0.3 is 5.97 Å². The summed E-state index contributed by atoms with van der Waals surface area (Å²) >= 11 is 3.32. The smallest absolute Gasteiger partial charge is 0.305 e. The van der Waals surface area contributed by atoms with E-state index in [1.165, 1.54) is 0 Å². The first-order valence-corrected chi connectivity index (χ1v) is 6.05. The summed E-state index contributed by atoms with van der Waals surface area (Å²) in [5.41, 5.74) is 0.904. The van der Waals surface area contributed by atoms with E-state index in [1.54, 1.807) is 6.92 Å². The van der Waals surface area contributed by atoms with Crippen LogP contribution in [0.1, 0.15) is 24.8 Å². The second-order valence-electron chi connectivity index (χ2n) is 3.71. The Morgan fingerprint density at radius 2 is 1.94 bits per heavy atom. The van der Waals surface area contributed by atoms with Gasteiger partial charge in [-0.25, -0.2) is 0 Å². The lowest BCUT2D eigenvalue weighted by Gasteiger charge is -2.12. The Balaban J connectivity index is 2.51. The predicted octanol–water partition coefficient (Wildman–Crippen LogP) is 2.14. The van der Waals surface area contributed by atoms with Crippen molar-refractivity contribution in [2.24, 2.45) is 0 Å². The molecule has 0 saturated carbocycles. The van der Waals surface area contributed by atoms with Crippen molar-refractivity contribution >= 4 is 27.8 Å². The summed E-state index contributed by atoms with van der Waals surface area (Å²) in [4.78, 5) is 22.0. The number of hydrogen-bond acceptors (Lipinski definition) is 2.